The van der Waals surface area contributed by atoms with Gasteiger partial charge in [0.1, 0.15) is 17.4 Å². The van der Waals surface area contributed by atoms with Crippen molar-refractivity contribution in [3.63, 3.8) is 0 Å². The Balaban J connectivity index is 1.83. The Morgan fingerprint density at radius 2 is 1.56 bits per heavy atom. The van der Waals surface area contributed by atoms with E-state index in [4.69, 9.17) is 9.73 Å². The van der Waals surface area contributed by atoms with Crippen LogP contribution in [-0.4, -0.2) is 22.8 Å². The number of hydrogen-bond donors (Lipinski definition) is 0. The first-order chi connectivity index (χ1) is 19.0. The molecule has 0 aliphatic carbocycles. The van der Waals surface area contributed by atoms with Gasteiger partial charge in [-0.3, -0.25) is 14.7 Å². The van der Waals surface area contributed by atoms with Gasteiger partial charge in [0.2, 0.25) is 0 Å². The van der Waals surface area contributed by atoms with Crippen molar-refractivity contribution in [2.45, 2.75) is 6.92 Å². The standard InChI is InChI=1S/C32H24N4O3/c1-22-8-14-26(15-9-22)35-31(25-6-4-3-5-7-25)30(24-12-16-27(17-13-24)36(37)38)29(20-33)32(35)34-21-23-10-18-28(39-2)19-11-23/h3-19,21H,1-2H3/b34-21+. The molecule has 4 aromatic carbocycles. The number of methoxy groups -OCH3 is 1. The molecule has 0 amide bonds. The molecule has 1 heterocycles. The summed E-state index contributed by atoms with van der Waals surface area (Å²) in [6, 6.07) is 33.9. The number of aryl methyl sites for hydroxylation is 1. The fourth-order valence-corrected chi connectivity index (χ4v) is 4.46. The smallest absolute Gasteiger partial charge is 0.269 e. The molecule has 190 valence electrons. The fourth-order valence-electron chi connectivity index (χ4n) is 4.46. The van der Waals surface area contributed by atoms with E-state index in [0.717, 1.165) is 33.8 Å². The summed E-state index contributed by atoms with van der Waals surface area (Å²) >= 11 is 0. The molecule has 0 aliphatic heterocycles. The Morgan fingerprint density at radius 3 is 2.15 bits per heavy atom. The topological polar surface area (TPSA) is 93.4 Å². The average Bonchev–Trinajstić information content (AvgIpc) is 3.31. The molecule has 0 spiro atoms. The lowest BCUT2D eigenvalue weighted by Gasteiger charge is -2.14. The van der Waals surface area contributed by atoms with Crippen LogP contribution >= 0.6 is 0 Å². The van der Waals surface area contributed by atoms with E-state index in [9.17, 15) is 15.4 Å². The molecule has 0 bridgehead atoms. The van der Waals surface area contributed by atoms with Crippen LogP contribution in [0.2, 0.25) is 0 Å². The van der Waals surface area contributed by atoms with E-state index in [0.29, 0.717) is 22.5 Å². The van der Waals surface area contributed by atoms with Gasteiger partial charge in [-0.25, -0.2) is 4.99 Å². The molecule has 1 aromatic heterocycles. The van der Waals surface area contributed by atoms with Gasteiger partial charge < -0.3 is 4.74 Å². The van der Waals surface area contributed by atoms with Crippen LogP contribution in [0, 0.1) is 28.4 Å². The molecule has 0 aliphatic rings. The SMILES string of the molecule is COc1ccc(/C=N/c2c(C#N)c(-c3ccc([N+](=O)[O-])cc3)c(-c3ccccc3)n2-c2ccc(C)cc2)cc1. The zero-order valence-electron chi connectivity index (χ0n) is 21.4. The number of rotatable bonds is 7. The molecule has 0 atom stereocenters. The van der Waals surface area contributed by atoms with Gasteiger partial charge in [0.25, 0.3) is 5.69 Å². The molecular weight excluding hydrogens is 488 g/mol. The van der Waals surface area contributed by atoms with Gasteiger partial charge in [-0.1, -0.05) is 48.0 Å². The van der Waals surface area contributed by atoms with Gasteiger partial charge in [0.15, 0.2) is 5.82 Å². The van der Waals surface area contributed by atoms with Gasteiger partial charge >= 0.3 is 0 Å². The number of aromatic nitrogens is 1. The summed E-state index contributed by atoms with van der Waals surface area (Å²) in [4.78, 5) is 15.7. The van der Waals surface area contributed by atoms with Crippen LogP contribution in [0.1, 0.15) is 16.7 Å². The molecule has 7 nitrogen and oxygen atoms in total. The lowest BCUT2D eigenvalue weighted by atomic mass is 9.97. The molecule has 5 rings (SSSR count). The second kappa shape index (κ2) is 10.9. The van der Waals surface area contributed by atoms with Crippen LogP contribution in [0.3, 0.4) is 0 Å². The first-order valence-electron chi connectivity index (χ1n) is 12.2. The summed E-state index contributed by atoms with van der Waals surface area (Å²) in [6.07, 6.45) is 1.72. The van der Waals surface area contributed by atoms with Crippen LogP contribution < -0.4 is 4.74 Å². The van der Waals surface area contributed by atoms with Gasteiger partial charge in [-0.05, 0) is 72.1 Å². The number of hydrogen-bond acceptors (Lipinski definition) is 5. The summed E-state index contributed by atoms with van der Waals surface area (Å²) in [6.45, 7) is 2.02. The number of benzene rings is 4. The number of nitrogens with zero attached hydrogens (tertiary/aromatic N) is 4. The maximum atomic E-state index is 11.3. The Labute approximate surface area is 226 Å². The second-order valence-corrected chi connectivity index (χ2v) is 8.91. The van der Waals surface area contributed by atoms with Crippen molar-refractivity contribution in [2.75, 3.05) is 7.11 Å². The molecule has 7 heteroatoms. The molecule has 0 saturated carbocycles. The molecule has 5 aromatic rings. The highest BCUT2D eigenvalue weighted by molar-refractivity contribution is 5.94. The molecular formula is C32H24N4O3. The van der Waals surface area contributed by atoms with Crippen molar-refractivity contribution in [2.24, 2.45) is 4.99 Å². The monoisotopic (exact) mass is 512 g/mol. The maximum absolute atomic E-state index is 11.3. The third kappa shape index (κ3) is 5.04. The Kier molecular flexibility index (Phi) is 7.02. The van der Waals surface area contributed by atoms with Crippen molar-refractivity contribution in [1.29, 1.82) is 5.26 Å². The zero-order chi connectivity index (χ0) is 27.4. The van der Waals surface area contributed by atoms with E-state index >= 15 is 0 Å². The number of aliphatic imine (C=N–C) groups is 1. The highest BCUT2D eigenvalue weighted by atomic mass is 16.6. The van der Waals surface area contributed by atoms with E-state index in [1.807, 2.05) is 90.4 Å². The van der Waals surface area contributed by atoms with Crippen LogP contribution in [0.15, 0.2) is 108 Å². The third-order valence-electron chi connectivity index (χ3n) is 6.42. The zero-order valence-corrected chi connectivity index (χ0v) is 21.4. The van der Waals surface area contributed by atoms with Crippen LogP contribution in [-0.2, 0) is 0 Å². The van der Waals surface area contributed by atoms with Gasteiger partial charge in [0.05, 0.1) is 17.7 Å². The molecule has 39 heavy (non-hydrogen) atoms. The summed E-state index contributed by atoms with van der Waals surface area (Å²) in [5.74, 6) is 1.20. The summed E-state index contributed by atoms with van der Waals surface area (Å²) < 4.78 is 7.24. The van der Waals surface area contributed by atoms with Crippen molar-refractivity contribution in [3.8, 4) is 39.9 Å². The van der Waals surface area contributed by atoms with E-state index in [1.165, 1.54) is 12.1 Å². The largest absolute Gasteiger partial charge is 0.497 e. The summed E-state index contributed by atoms with van der Waals surface area (Å²) in [7, 11) is 1.61. The highest BCUT2D eigenvalue weighted by Gasteiger charge is 2.26. The van der Waals surface area contributed by atoms with Gasteiger partial charge in [0, 0.05) is 29.6 Å². The van der Waals surface area contributed by atoms with Gasteiger partial charge in [-0.15, -0.1) is 0 Å². The number of nitriles is 1. The molecule has 0 unspecified atom stereocenters. The normalized spacial score (nSPS) is 10.9. The Morgan fingerprint density at radius 1 is 0.897 bits per heavy atom. The summed E-state index contributed by atoms with van der Waals surface area (Å²) in [5.41, 5.74) is 6.12. The highest BCUT2D eigenvalue weighted by Crippen LogP contribution is 2.44. The van der Waals surface area contributed by atoms with Crippen molar-refractivity contribution < 1.29 is 9.66 Å². The van der Waals surface area contributed by atoms with Crippen molar-refractivity contribution in [3.05, 3.63) is 130 Å². The van der Waals surface area contributed by atoms with Crippen molar-refractivity contribution >= 4 is 17.7 Å². The molecule has 0 fully saturated rings. The van der Waals surface area contributed by atoms with E-state index in [2.05, 4.69) is 6.07 Å². The number of ether oxygens (including phenoxy) is 1. The Hall–Kier alpha value is -5.48. The van der Waals surface area contributed by atoms with E-state index < -0.39 is 4.92 Å². The van der Waals surface area contributed by atoms with E-state index in [-0.39, 0.29) is 5.69 Å². The first-order valence-corrected chi connectivity index (χ1v) is 12.2. The minimum Gasteiger partial charge on any atom is -0.497 e. The second-order valence-electron chi connectivity index (χ2n) is 8.91. The lowest BCUT2D eigenvalue weighted by Crippen LogP contribution is -1.98. The fraction of sp³-hybridized carbons (Fsp3) is 0.0625. The quantitative estimate of drug-likeness (QED) is 0.127. The average molecular weight is 513 g/mol. The first kappa shape index (κ1) is 25.2. The molecule has 0 N–H and O–H groups in total. The predicted octanol–water partition coefficient (Wildman–Crippen LogP) is 7.66. The van der Waals surface area contributed by atoms with E-state index in [1.54, 1.807) is 25.5 Å². The predicted molar refractivity (Wildman–Crippen MR) is 153 cm³/mol. The third-order valence-corrected chi connectivity index (χ3v) is 6.42. The van der Waals surface area contributed by atoms with Crippen LogP contribution in [0.25, 0.3) is 28.1 Å². The minimum atomic E-state index is -0.435. The summed E-state index contributed by atoms with van der Waals surface area (Å²) in [5, 5.41) is 21.8. The number of nitro benzene ring substituents is 1. The Bertz CT molecular complexity index is 1700. The minimum absolute atomic E-state index is 0.0192. The number of non-ortho nitro benzene ring substituents is 1. The maximum Gasteiger partial charge on any atom is 0.269 e. The molecule has 0 saturated heterocycles. The van der Waals surface area contributed by atoms with Crippen molar-refractivity contribution in [1.82, 2.24) is 4.57 Å². The lowest BCUT2D eigenvalue weighted by molar-refractivity contribution is -0.384. The van der Waals surface area contributed by atoms with Crippen LogP contribution in [0.4, 0.5) is 11.5 Å². The number of nitro groups is 1. The van der Waals surface area contributed by atoms with Crippen LogP contribution in [0.5, 0.6) is 5.75 Å². The molecule has 0 radical (unpaired) electrons. The van der Waals surface area contributed by atoms with Gasteiger partial charge in [-0.2, -0.15) is 5.26 Å².